The van der Waals surface area contributed by atoms with Crippen LogP contribution in [0.3, 0.4) is 0 Å². The highest BCUT2D eigenvalue weighted by Crippen LogP contribution is 2.13. The van der Waals surface area contributed by atoms with E-state index < -0.39 is 11.5 Å². The van der Waals surface area contributed by atoms with E-state index in [1.54, 1.807) is 18.5 Å². The van der Waals surface area contributed by atoms with Gasteiger partial charge in [-0.05, 0) is 26.3 Å². The number of ether oxygens (including phenoxy) is 1. The van der Waals surface area contributed by atoms with Crippen molar-refractivity contribution in [3.63, 3.8) is 0 Å². The number of hydrogen-bond acceptors (Lipinski definition) is 4. The highest BCUT2D eigenvalue weighted by atomic mass is 16.5. The molecule has 6 nitrogen and oxygen atoms in total. The fourth-order valence-corrected chi connectivity index (χ4v) is 2.24. The van der Waals surface area contributed by atoms with E-state index >= 15 is 0 Å². The van der Waals surface area contributed by atoms with Crippen molar-refractivity contribution in [3.05, 3.63) is 53.3 Å². The molecule has 122 valence electrons. The molecule has 0 unspecified atom stereocenters. The lowest BCUT2D eigenvalue weighted by molar-refractivity contribution is -0.146. The molecule has 6 heteroatoms. The summed E-state index contributed by atoms with van der Waals surface area (Å²) in [5.74, 6) is -0.850. The summed E-state index contributed by atoms with van der Waals surface area (Å²) in [7, 11) is 1.29. The van der Waals surface area contributed by atoms with E-state index in [4.69, 9.17) is 4.74 Å². The van der Waals surface area contributed by atoms with Gasteiger partial charge in [-0.2, -0.15) is 5.10 Å². The van der Waals surface area contributed by atoms with Crippen LogP contribution in [-0.2, 0) is 16.1 Å². The second-order valence-electron chi connectivity index (χ2n) is 5.86. The van der Waals surface area contributed by atoms with Gasteiger partial charge in [-0.1, -0.05) is 30.3 Å². The van der Waals surface area contributed by atoms with Gasteiger partial charge >= 0.3 is 5.97 Å². The molecule has 23 heavy (non-hydrogen) atoms. The topological polar surface area (TPSA) is 73.2 Å². The lowest BCUT2D eigenvalue weighted by Gasteiger charge is -2.22. The average Bonchev–Trinajstić information content (AvgIpc) is 2.88. The van der Waals surface area contributed by atoms with Crippen molar-refractivity contribution < 1.29 is 14.3 Å². The van der Waals surface area contributed by atoms with E-state index in [-0.39, 0.29) is 5.91 Å². The summed E-state index contributed by atoms with van der Waals surface area (Å²) in [4.78, 5) is 24.1. The smallest absolute Gasteiger partial charge is 0.330 e. The molecule has 1 aromatic carbocycles. The maximum Gasteiger partial charge on any atom is 0.330 e. The summed E-state index contributed by atoms with van der Waals surface area (Å²) >= 11 is 0. The van der Waals surface area contributed by atoms with E-state index in [1.165, 1.54) is 13.3 Å². The third kappa shape index (κ3) is 3.77. The van der Waals surface area contributed by atoms with Gasteiger partial charge in [0.25, 0.3) is 5.91 Å². The Kier molecular flexibility index (Phi) is 4.83. The number of esters is 1. The second-order valence-corrected chi connectivity index (χ2v) is 5.86. The Hall–Kier alpha value is -2.63. The Morgan fingerprint density at radius 3 is 2.52 bits per heavy atom. The zero-order valence-electron chi connectivity index (χ0n) is 13.8. The van der Waals surface area contributed by atoms with Gasteiger partial charge in [0.05, 0.1) is 25.4 Å². The normalized spacial score (nSPS) is 11.1. The quantitative estimate of drug-likeness (QED) is 0.856. The van der Waals surface area contributed by atoms with Gasteiger partial charge in [0.1, 0.15) is 5.54 Å². The molecular formula is C17H21N3O3. The maximum atomic E-state index is 12.4. The summed E-state index contributed by atoms with van der Waals surface area (Å²) in [6.45, 7) is 5.61. The van der Waals surface area contributed by atoms with Crippen molar-refractivity contribution >= 4 is 11.9 Å². The van der Waals surface area contributed by atoms with Crippen LogP contribution in [0.15, 0.2) is 36.5 Å². The number of carbonyl (C=O) groups excluding carboxylic acids is 2. The maximum absolute atomic E-state index is 12.4. The van der Waals surface area contributed by atoms with Crippen LogP contribution < -0.4 is 5.32 Å². The molecule has 0 radical (unpaired) electrons. The molecule has 0 spiro atoms. The molecule has 0 aliphatic heterocycles. The third-order valence-corrected chi connectivity index (χ3v) is 3.64. The van der Waals surface area contributed by atoms with E-state index in [9.17, 15) is 9.59 Å². The SMILES string of the molecule is COC(=O)C(C)(C)NC(=O)c1cnn(Cc2ccccc2)c1C. The van der Waals surface area contributed by atoms with Crippen LogP contribution in [0.5, 0.6) is 0 Å². The van der Waals surface area contributed by atoms with E-state index in [1.807, 2.05) is 37.3 Å². The fourth-order valence-electron chi connectivity index (χ4n) is 2.24. The Labute approximate surface area is 135 Å². The van der Waals surface area contributed by atoms with Crippen LogP contribution in [0.2, 0.25) is 0 Å². The monoisotopic (exact) mass is 315 g/mol. The lowest BCUT2D eigenvalue weighted by Crippen LogP contribution is -2.50. The molecule has 2 aromatic rings. The first kappa shape index (κ1) is 16.7. The van der Waals surface area contributed by atoms with Gasteiger partial charge in [-0.15, -0.1) is 0 Å². The number of benzene rings is 1. The largest absolute Gasteiger partial charge is 0.467 e. The van der Waals surface area contributed by atoms with Crippen molar-refractivity contribution in [1.82, 2.24) is 15.1 Å². The second kappa shape index (κ2) is 6.64. The number of methoxy groups -OCH3 is 1. The summed E-state index contributed by atoms with van der Waals surface area (Å²) in [5, 5.41) is 6.94. The van der Waals surface area contributed by atoms with E-state index in [0.29, 0.717) is 12.1 Å². The number of rotatable bonds is 5. The molecule has 2 rings (SSSR count). The fraction of sp³-hybridized carbons (Fsp3) is 0.353. The van der Waals surface area contributed by atoms with Crippen LogP contribution >= 0.6 is 0 Å². The highest BCUT2D eigenvalue weighted by Gasteiger charge is 2.31. The highest BCUT2D eigenvalue weighted by molar-refractivity contribution is 5.98. The molecule has 1 heterocycles. The zero-order chi connectivity index (χ0) is 17.0. The minimum absolute atomic E-state index is 0.350. The van der Waals surface area contributed by atoms with Crippen LogP contribution in [0.25, 0.3) is 0 Å². The number of nitrogens with one attached hydrogen (secondary N) is 1. The van der Waals surface area contributed by atoms with Crippen molar-refractivity contribution in [2.45, 2.75) is 32.9 Å². The number of hydrogen-bond donors (Lipinski definition) is 1. The lowest BCUT2D eigenvalue weighted by atomic mass is 10.1. The minimum atomic E-state index is -1.10. The summed E-state index contributed by atoms with van der Waals surface area (Å²) in [6, 6.07) is 9.87. The Balaban J connectivity index is 2.15. The average molecular weight is 315 g/mol. The van der Waals surface area contributed by atoms with Crippen LogP contribution in [0.4, 0.5) is 0 Å². The van der Waals surface area contributed by atoms with Crippen molar-refractivity contribution in [3.8, 4) is 0 Å². The van der Waals surface area contributed by atoms with E-state index in [2.05, 4.69) is 10.4 Å². The van der Waals surface area contributed by atoms with Gasteiger partial charge < -0.3 is 10.1 Å². The molecule has 0 aliphatic carbocycles. The zero-order valence-corrected chi connectivity index (χ0v) is 13.8. The van der Waals surface area contributed by atoms with Gasteiger partial charge in [-0.3, -0.25) is 9.48 Å². The number of amides is 1. The standard InChI is InChI=1S/C17H21N3O3/c1-12-14(15(21)19-17(2,3)16(22)23-4)10-18-20(12)11-13-8-6-5-7-9-13/h5-10H,11H2,1-4H3,(H,19,21). The molecule has 0 atom stereocenters. The van der Waals surface area contributed by atoms with Gasteiger partial charge in [0.2, 0.25) is 0 Å². The third-order valence-electron chi connectivity index (χ3n) is 3.64. The van der Waals surface area contributed by atoms with Gasteiger partial charge in [0.15, 0.2) is 0 Å². The van der Waals surface area contributed by atoms with Crippen LogP contribution in [0.1, 0.15) is 35.5 Å². The molecule has 0 aliphatic rings. The van der Waals surface area contributed by atoms with Crippen molar-refractivity contribution in [1.29, 1.82) is 0 Å². The molecule has 0 fully saturated rings. The van der Waals surface area contributed by atoms with Crippen LogP contribution in [-0.4, -0.2) is 34.3 Å². The van der Waals surface area contributed by atoms with Crippen molar-refractivity contribution in [2.24, 2.45) is 0 Å². The number of carbonyl (C=O) groups is 2. The first-order valence-electron chi connectivity index (χ1n) is 7.32. The Morgan fingerprint density at radius 1 is 1.26 bits per heavy atom. The molecule has 0 saturated heterocycles. The predicted octanol–water partition coefficient (Wildman–Crippen LogP) is 1.92. The summed E-state index contributed by atoms with van der Waals surface area (Å²) < 4.78 is 6.45. The van der Waals surface area contributed by atoms with Gasteiger partial charge in [-0.25, -0.2) is 4.79 Å². The Morgan fingerprint density at radius 2 is 1.91 bits per heavy atom. The molecule has 0 saturated carbocycles. The predicted molar refractivity (Wildman–Crippen MR) is 86.1 cm³/mol. The molecule has 1 N–H and O–H groups in total. The first-order valence-corrected chi connectivity index (χ1v) is 7.32. The van der Waals surface area contributed by atoms with E-state index in [0.717, 1.165) is 11.3 Å². The Bertz CT molecular complexity index is 705. The van der Waals surface area contributed by atoms with Crippen molar-refractivity contribution in [2.75, 3.05) is 7.11 Å². The molecule has 0 bridgehead atoms. The number of nitrogens with zero attached hydrogens (tertiary/aromatic N) is 2. The summed E-state index contributed by atoms with van der Waals surface area (Å²) in [5.41, 5.74) is 1.19. The first-order chi connectivity index (χ1) is 10.8. The van der Waals surface area contributed by atoms with Gasteiger partial charge in [0, 0.05) is 5.69 Å². The molecule has 1 aromatic heterocycles. The number of aromatic nitrogens is 2. The van der Waals surface area contributed by atoms with Crippen LogP contribution in [0, 0.1) is 6.92 Å². The minimum Gasteiger partial charge on any atom is -0.467 e. The molecule has 1 amide bonds. The summed E-state index contributed by atoms with van der Waals surface area (Å²) in [6.07, 6.45) is 1.51. The molecular weight excluding hydrogens is 294 g/mol.